The molecule has 0 saturated heterocycles. The van der Waals surface area contributed by atoms with Gasteiger partial charge in [-0.3, -0.25) is 9.59 Å². The highest BCUT2D eigenvalue weighted by Crippen LogP contribution is 2.30. The Bertz CT molecular complexity index is 1320. The average molecular weight is 494 g/mol. The number of rotatable bonds is 9. The number of thiazole rings is 1. The van der Waals surface area contributed by atoms with Gasteiger partial charge in [-0.25, -0.2) is 4.98 Å². The van der Waals surface area contributed by atoms with E-state index in [2.05, 4.69) is 15.6 Å². The summed E-state index contributed by atoms with van der Waals surface area (Å²) in [5.74, 6) is 1.06. The van der Waals surface area contributed by atoms with E-state index >= 15 is 0 Å². The fourth-order valence-corrected chi connectivity index (χ4v) is 5.01. The highest BCUT2D eigenvalue weighted by Gasteiger charge is 2.12. The molecule has 34 heavy (non-hydrogen) atoms. The molecule has 9 heteroatoms. The van der Waals surface area contributed by atoms with Gasteiger partial charge in [-0.1, -0.05) is 48.2 Å². The lowest BCUT2D eigenvalue weighted by Gasteiger charge is -2.10. The Labute approximate surface area is 205 Å². The van der Waals surface area contributed by atoms with Gasteiger partial charge < -0.3 is 20.1 Å². The minimum absolute atomic E-state index is 0.107. The van der Waals surface area contributed by atoms with Gasteiger partial charge in [-0.15, -0.1) is 11.3 Å². The summed E-state index contributed by atoms with van der Waals surface area (Å²) in [5, 5.41) is 9.72. The number of thioether (sulfide) groups is 1. The van der Waals surface area contributed by atoms with Crippen LogP contribution in [0.1, 0.15) is 5.69 Å². The SMILES string of the molecule is COc1ccc(NC(=O)Cc2csc(SCC(=O)Nc3cccc4ccccc34)n2)cc1OC. The average Bonchev–Trinajstić information content (AvgIpc) is 3.30. The van der Waals surface area contributed by atoms with Crippen LogP contribution < -0.4 is 20.1 Å². The molecule has 0 unspecified atom stereocenters. The number of methoxy groups -OCH3 is 2. The van der Waals surface area contributed by atoms with Gasteiger partial charge in [-0.2, -0.15) is 0 Å². The predicted octanol–water partition coefficient (Wildman–Crippen LogP) is 5.23. The molecular weight excluding hydrogens is 470 g/mol. The fourth-order valence-electron chi connectivity index (χ4n) is 3.37. The monoisotopic (exact) mass is 493 g/mol. The van der Waals surface area contributed by atoms with Crippen LogP contribution in [0.2, 0.25) is 0 Å². The van der Waals surface area contributed by atoms with E-state index in [1.54, 1.807) is 32.4 Å². The van der Waals surface area contributed by atoms with Crippen LogP contribution in [0.5, 0.6) is 11.5 Å². The van der Waals surface area contributed by atoms with Gasteiger partial charge in [0.2, 0.25) is 11.8 Å². The van der Waals surface area contributed by atoms with Crippen molar-refractivity contribution in [2.75, 3.05) is 30.6 Å². The normalized spacial score (nSPS) is 10.6. The number of hydrogen-bond donors (Lipinski definition) is 2. The number of anilines is 2. The summed E-state index contributed by atoms with van der Waals surface area (Å²) in [4.78, 5) is 29.4. The van der Waals surface area contributed by atoms with Crippen LogP contribution in [0, 0.1) is 0 Å². The third-order valence-electron chi connectivity index (χ3n) is 4.93. The Hall–Kier alpha value is -3.56. The second-order valence-electron chi connectivity index (χ2n) is 7.26. The summed E-state index contributed by atoms with van der Waals surface area (Å²) < 4.78 is 11.2. The number of fused-ring (bicyclic) bond motifs is 1. The maximum atomic E-state index is 12.5. The molecule has 0 spiro atoms. The standard InChI is InChI=1S/C25H23N3O4S2/c1-31-21-11-10-17(12-22(21)32-2)26-23(29)13-18-14-33-25(27-18)34-15-24(30)28-20-9-5-7-16-6-3-4-8-19(16)20/h3-12,14H,13,15H2,1-2H3,(H,26,29)(H,28,30). The third kappa shape index (κ3) is 5.86. The maximum Gasteiger partial charge on any atom is 0.234 e. The van der Waals surface area contributed by atoms with Crippen LogP contribution in [0.4, 0.5) is 11.4 Å². The molecule has 3 aromatic carbocycles. The van der Waals surface area contributed by atoms with Crippen molar-refractivity contribution in [3.8, 4) is 11.5 Å². The molecule has 0 aliphatic carbocycles. The van der Waals surface area contributed by atoms with Gasteiger partial charge in [0.25, 0.3) is 0 Å². The first-order valence-electron chi connectivity index (χ1n) is 10.4. The topological polar surface area (TPSA) is 89.5 Å². The smallest absolute Gasteiger partial charge is 0.234 e. The van der Waals surface area contributed by atoms with Crippen molar-refractivity contribution in [2.24, 2.45) is 0 Å². The number of hydrogen-bond acceptors (Lipinski definition) is 7. The van der Waals surface area contributed by atoms with E-state index in [0.717, 1.165) is 20.8 Å². The number of carbonyl (C=O) groups is 2. The van der Waals surface area contributed by atoms with E-state index in [1.165, 1.54) is 23.1 Å². The molecule has 0 fully saturated rings. The molecule has 7 nitrogen and oxygen atoms in total. The minimum Gasteiger partial charge on any atom is -0.493 e. The van der Waals surface area contributed by atoms with Crippen LogP contribution in [0.3, 0.4) is 0 Å². The Morgan fingerprint density at radius 1 is 0.941 bits per heavy atom. The predicted molar refractivity (Wildman–Crippen MR) is 137 cm³/mol. The highest BCUT2D eigenvalue weighted by atomic mass is 32.2. The Balaban J connectivity index is 1.29. The van der Waals surface area contributed by atoms with Crippen LogP contribution >= 0.6 is 23.1 Å². The van der Waals surface area contributed by atoms with Crippen molar-refractivity contribution in [3.63, 3.8) is 0 Å². The molecule has 0 saturated carbocycles. The van der Waals surface area contributed by atoms with E-state index in [4.69, 9.17) is 9.47 Å². The van der Waals surface area contributed by atoms with Crippen LogP contribution in [-0.2, 0) is 16.0 Å². The summed E-state index contributed by atoms with van der Waals surface area (Å²) in [7, 11) is 3.10. The van der Waals surface area contributed by atoms with Crippen LogP contribution in [0.25, 0.3) is 10.8 Å². The first-order chi connectivity index (χ1) is 16.6. The number of nitrogens with zero attached hydrogens (tertiary/aromatic N) is 1. The second kappa shape index (κ2) is 11.0. The molecule has 0 radical (unpaired) electrons. The van der Waals surface area contributed by atoms with Crippen molar-refractivity contribution in [1.82, 2.24) is 4.98 Å². The fraction of sp³-hybridized carbons (Fsp3) is 0.160. The summed E-state index contributed by atoms with van der Waals surface area (Å²) in [6.45, 7) is 0. The summed E-state index contributed by atoms with van der Waals surface area (Å²) >= 11 is 2.76. The number of carbonyl (C=O) groups excluding carboxylic acids is 2. The zero-order valence-corrected chi connectivity index (χ0v) is 20.3. The number of aromatic nitrogens is 1. The summed E-state index contributed by atoms with van der Waals surface area (Å²) in [5.41, 5.74) is 2.05. The molecule has 0 aliphatic heterocycles. The zero-order chi connectivity index (χ0) is 23.9. The van der Waals surface area contributed by atoms with Crippen molar-refractivity contribution in [1.29, 1.82) is 0 Å². The lowest BCUT2D eigenvalue weighted by molar-refractivity contribution is -0.116. The van der Waals surface area contributed by atoms with Crippen molar-refractivity contribution in [2.45, 2.75) is 10.8 Å². The van der Waals surface area contributed by atoms with E-state index in [1.807, 2.05) is 47.8 Å². The van der Waals surface area contributed by atoms with E-state index in [0.29, 0.717) is 22.9 Å². The molecule has 4 rings (SSSR count). The first-order valence-corrected chi connectivity index (χ1v) is 12.3. The van der Waals surface area contributed by atoms with Gasteiger partial charge in [0.1, 0.15) is 0 Å². The molecule has 4 aromatic rings. The van der Waals surface area contributed by atoms with E-state index in [-0.39, 0.29) is 24.0 Å². The quantitative estimate of drug-likeness (QED) is 0.311. The van der Waals surface area contributed by atoms with Crippen molar-refractivity contribution >= 4 is 57.1 Å². The first kappa shape index (κ1) is 23.6. The molecule has 0 bridgehead atoms. The number of nitrogens with one attached hydrogen (secondary N) is 2. The highest BCUT2D eigenvalue weighted by molar-refractivity contribution is 8.01. The van der Waals surface area contributed by atoms with Gasteiger partial charge >= 0.3 is 0 Å². The van der Waals surface area contributed by atoms with E-state index in [9.17, 15) is 9.59 Å². The number of amides is 2. The summed E-state index contributed by atoms with van der Waals surface area (Å²) in [6, 6.07) is 18.9. The molecule has 2 N–H and O–H groups in total. The molecule has 1 aromatic heterocycles. The van der Waals surface area contributed by atoms with Gasteiger partial charge in [0.15, 0.2) is 15.8 Å². The Morgan fingerprint density at radius 3 is 2.56 bits per heavy atom. The van der Waals surface area contributed by atoms with E-state index < -0.39 is 0 Å². The Morgan fingerprint density at radius 2 is 1.74 bits per heavy atom. The molecule has 1 heterocycles. The molecule has 0 aliphatic rings. The second-order valence-corrected chi connectivity index (χ2v) is 9.34. The summed E-state index contributed by atoms with van der Waals surface area (Å²) in [6.07, 6.45) is 0.133. The molecule has 0 atom stereocenters. The van der Waals surface area contributed by atoms with Gasteiger partial charge in [-0.05, 0) is 23.6 Å². The molecular formula is C25H23N3O4S2. The Kier molecular flexibility index (Phi) is 7.66. The van der Waals surface area contributed by atoms with Crippen LogP contribution in [-0.4, -0.2) is 36.8 Å². The van der Waals surface area contributed by atoms with Gasteiger partial charge in [0.05, 0.1) is 32.1 Å². The number of ether oxygens (including phenoxy) is 2. The lowest BCUT2D eigenvalue weighted by atomic mass is 10.1. The molecule has 174 valence electrons. The third-order valence-corrected chi connectivity index (χ3v) is 7.00. The molecule has 2 amide bonds. The maximum absolute atomic E-state index is 12.5. The van der Waals surface area contributed by atoms with Crippen molar-refractivity contribution < 1.29 is 19.1 Å². The lowest BCUT2D eigenvalue weighted by Crippen LogP contribution is -2.15. The number of benzene rings is 3. The zero-order valence-electron chi connectivity index (χ0n) is 18.7. The van der Waals surface area contributed by atoms with Gasteiger partial charge in [0, 0.05) is 28.2 Å². The largest absolute Gasteiger partial charge is 0.493 e. The van der Waals surface area contributed by atoms with Crippen molar-refractivity contribution in [3.05, 3.63) is 71.7 Å². The van der Waals surface area contributed by atoms with Crippen LogP contribution in [0.15, 0.2) is 70.4 Å². The minimum atomic E-state index is -0.192.